The molecule has 158 valence electrons. The van der Waals surface area contributed by atoms with E-state index in [0.29, 0.717) is 5.92 Å². The van der Waals surface area contributed by atoms with E-state index >= 15 is 0 Å². The number of nitrogens with one attached hydrogen (secondary N) is 1. The number of fused-ring (bicyclic) bond motifs is 1. The van der Waals surface area contributed by atoms with E-state index in [-0.39, 0.29) is 0 Å². The topological polar surface area (TPSA) is 47.0 Å². The fraction of sp³-hybridized carbons (Fsp3) is 0.111. The molecule has 5 heteroatoms. The van der Waals surface area contributed by atoms with Crippen LogP contribution in [0.25, 0.3) is 21.3 Å². The van der Waals surface area contributed by atoms with Gasteiger partial charge in [-0.25, -0.2) is 9.97 Å². The van der Waals surface area contributed by atoms with E-state index in [2.05, 4.69) is 58.8 Å². The van der Waals surface area contributed by atoms with Gasteiger partial charge >= 0.3 is 0 Å². The van der Waals surface area contributed by atoms with E-state index < -0.39 is 0 Å². The van der Waals surface area contributed by atoms with Crippen LogP contribution in [0.3, 0.4) is 0 Å². The quantitative estimate of drug-likeness (QED) is 0.292. The maximum absolute atomic E-state index is 6.12. The number of ether oxygens (including phenoxy) is 1. The summed E-state index contributed by atoms with van der Waals surface area (Å²) in [6.45, 7) is 4.42. The average Bonchev–Trinajstić information content (AvgIpc) is 3.26. The number of rotatable bonds is 6. The van der Waals surface area contributed by atoms with Crippen LogP contribution < -0.4 is 10.1 Å². The van der Waals surface area contributed by atoms with Crippen LogP contribution in [-0.2, 0) is 0 Å². The smallest absolute Gasteiger partial charge is 0.150 e. The maximum atomic E-state index is 6.12. The highest BCUT2D eigenvalue weighted by Gasteiger charge is 2.15. The van der Waals surface area contributed by atoms with Crippen LogP contribution in [0.2, 0.25) is 0 Å². The molecule has 0 aliphatic rings. The zero-order valence-corrected chi connectivity index (χ0v) is 18.8. The molecule has 0 radical (unpaired) electrons. The van der Waals surface area contributed by atoms with Crippen LogP contribution in [0.1, 0.15) is 25.3 Å². The molecule has 32 heavy (non-hydrogen) atoms. The summed E-state index contributed by atoms with van der Waals surface area (Å²) < 4.78 is 6.12. The van der Waals surface area contributed by atoms with Crippen molar-refractivity contribution in [2.45, 2.75) is 19.8 Å². The number of para-hydroxylation sites is 3. The van der Waals surface area contributed by atoms with Crippen molar-refractivity contribution in [2.75, 3.05) is 5.32 Å². The molecule has 4 nitrogen and oxygen atoms in total. The molecule has 0 bridgehead atoms. The van der Waals surface area contributed by atoms with Gasteiger partial charge in [-0.15, -0.1) is 11.3 Å². The Kier molecular flexibility index (Phi) is 5.57. The molecule has 0 aliphatic carbocycles. The van der Waals surface area contributed by atoms with Gasteiger partial charge < -0.3 is 10.1 Å². The molecule has 0 aliphatic heterocycles. The highest BCUT2D eigenvalue weighted by molar-refractivity contribution is 7.17. The lowest BCUT2D eigenvalue weighted by molar-refractivity contribution is 0.485. The number of hydrogen-bond acceptors (Lipinski definition) is 5. The minimum absolute atomic E-state index is 0.505. The number of nitrogens with zero attached hydrogens (tertiary/aromatic N) is 2. The largest absolute Gasteiger partial charge is 0.455 e. The Bertz CT molecular complexity index is 1340. The Labute approximate surface area is 191 Å². The van der Waals surface area contributed by atoms with Crippen molar-refractivity contribution < 1.29 is 4.74 Å². The third kappa shape index (κ3) is 4.07. The van der Waals surface area contributed by atoms with Crippen molar-refractivity contribution in [3.63, 3.8) is 0 Å². The van der Waals surface area contributed by atoms with E-state index in [9.17, 15) is 0 Å². The normalized spacial score (nSPS) is 11.1. The van der Waals surface area contributed by atoms with Gasteiger partial charge in [0.15, 0.2) is 5.75 Å². The number of anilines is 2. The molecular weight excluding hydrogens is 414 g/mol. The first-order valence-electron chi connectivity index (χ1n) is 10.6. The Morgan fingerprint density at radius 1 is 0.844 bits per heavy atom. The summed E-state index contributed by atoms with van der Waals surface area (Å²) in [5, 5.41) is 6.66. The highest BCUT2D eigenvalue weighted by atomic mass is 32.1. The molecule has 5 rings (SSSR count). The molecule has 5 aromatic rings. The molecule has 2 aromatic heterocycles. The number of aromatic nitrogens is 2. The van der Waals surface area contributed by atoms with E-state index in [1.165, 1.54) is 5.56 Å². The van der Waals surface area contributed by atoms with Gasteiger partial charge in [-0.05, 0) is 41.3 Å². The van der Waals surface area contributed by atoms with Gasteiger partial charge in [-0.3, -0.25) is 0 Å². The summed E-state index contributed by atoms with van der Waals surface area (Å²) in [5.74, 6) is 2.80. The fourth-order valence-corrected chi connectivity index (χ4v) is 4.55. The zero-order chi connectivity index (χ0) is 21.9. The number of hydrogen-bond donors (Lipinski definition) is 1. The SMILES string of the molecule is CC(C)c1ccc(-c2csc3ncnc(Nc4ccccc4Oc4ccccc4)c23)cc1. The molecule has 2 heterocycles. The Hall–Kier alpha value is -3.70. The monoisotopic (exact) mass is 437 g/mol. The minimum atomic E-state index is 0.505. The number of thiophene rings is 1. The van der Waals surface area contributed by atoms with Crippen molar-refractivity contribution in [2.24, 2.45) is 0 Å². The van der Waals surface area contributed by atoms with Crippen molar-refractivity contribution in [1.82, 2.24) is 9.97 Å². The van der Waals surface area contributed by atoms with Gasteiger partial charge in [0.2, 0.25) is 0 Å². The Morgan fingerprint density at radius 3 is 2.38 bits per heavy atom. The molecule has 0 saturated heterocycles. The molecule has 0 unspecified atom stereocenters. The van der Waals surface area contributed by atoms with Crippen LogP contribution in [0.4, 0.5) is 11.5 Å². The van der Waals surface area contributed by atoms with Crippen molar-refractivity contribution in [3.05, 3.63) is 96.1 Å². The molecular formula is C27H23N3OS. The van der Waals surface area contributed by atoms with Gasteiger partial charge in [-0.2, -0.15) is 0 Å². The molecule has 0 atom stereocenters. The lowest BCUT2D eigenvalue weighted by Gasteiger charge is -2.14. The molecule has 1 N–H and O–H groups in total. The second-order valence-corrected chi connectivity index (χ2v) is 8.72. The predicted molar refractivity (Wildman–Crippen MR) is 133 cm³/mol. The van der Waals surface area contributed by atoms with Gasteiger partial charge in [0.1, 0.15) is 22.7 Å². The Morgan fingerprint density at radius 2 is 1.59 bits per heavy atom. The van der Waals surface area contributed by atoms with Gasteiger partial charge in [0, 0.05) is 10.9 Å². The zero-order valence-electron chi connectivity index (χ0n) is 17.9. The lowest BCUT2D eigenvalue weighted by atomic mass is 9.99. The summed E-state index contributed by atoms with van der Waals surface area (Å²) in [7, 11) is 0. The first-order valence-corrected chi connectivity index (χ1v) is 11.5. The van der Waals surface area contributed by atoms with Crippen LogP contribution in [0, 0.1) is 0 Å². The number of benzene rings is 3. The summed E-state index contributed by atoms with van der Waals surface area (Å²) in [6, 6.07) is 26.4. The van der Waals surface area contributed by atoms with Crippen LogP contribution in [-0.4, -0.2) is 9.97 Å². The van der Waals surface area contributed by atoms with E-state index in [4.69, 9.17) is 4.74 Å². The van der Waals surface area contributed by atoms with Crippen molar-refractivity contribution >= 4 is 33.1 Å². The molecule has 0 spiro atoms. The Balaban J connectivity index is 1.53. The second kappa shape index (κ2) is 8.81. The lowest BCUT2D eigenvalue weighted by Crippen LogP contribution is -1.98. The van der Waals surface area contributed by atoms with Crippen LogP contribution in [0.15, 0.2) is 90.6 Å². The standard InChI is InChI=1S/C27H23N3OS/c1-18(2)19-12-14-20(15-13-19)22-16-32-27-25(22)26(28-17-29-27)30-23-10-6-7-11-24(23)31-21-8-4-3-5-9-21/h3-18H,1-2H3,(H,28,29,30). The van der Waals surface area contributed by atoms with E-state index in [1.54, 1.807) is 17.7 Å². The van der Waals surface area contributed by atoms with Gasteiger partial charge in [-0.1, -0.05) is 68.4 Å². The molecule has 0 amide bonds. The second-order valence-electron chi connectivity index (χ2n) is 7.86. The van der Waals surface area contributed by atoms with Crippen molar-refractivity contribution in [3.8, 4) is 22.6 Å². The van der Waals surface area contributed by atoms with Crippen molar-refractivity contribution in [1.29, 1.82) is 0 Å². The van der Waals surface area contributed by atoms with E-state index in [1.807, 2.05) is 54.6 Å². The predicted octanol–water partition coefficient (Wildman–Crippen LogP) is 8.02. The molecule has 0 saturated carbocycles. The third-order valence-corrected chi connectivity index (χ3v) is 6.26. The van der Waals surface area contributed by atoms with Gasteiger partial charge in [0.25, 0.3) is 0 Å². The molecule has 0 fully saturated rings. The minimum Gasteiger partial charge on any atom is -0.455 e. The van der Waals surface area contributed by atoms with E-state index in [0.717, 1.165) is 44.3 Å². The first kappa shape index (κ1) is 20.2. The summed E-state index contributed by atoms with van der Waals surface area (Å²) in [6.07, 6.45) is 1.60. The highest BCUT2D eigenvalue weighted by Crippen LogP contribution is 2.39. The maximum Gasteiger partial charge on any atom is 0.150 e. The van der Waals surface area contributed by atoms with Crippen LogP contribution >= 0.6 is 11.3 Å². The first-order chi connectivity index (χ1) is 15.7. The summed E-state index contributed by atoms with van der Waals surface area (Å²) in [4.78, 5) is 10.0. The summed E-state index contributed by atoms with van der Waals surface area (Å²) in [5.41, 5.74) is 4.47. The summed E-state index contributed by atoms with van der Waals surface area (Å²) >= 11 is 1.63. The average molecular weight is 438 g/mol. The van der Waals surface area contributed by atoms with Crippen LogP contribution in [0.5, 0.6) is 11.5 Å². The fourth-order valence-electron chi connectivity index (χ4n) is 3.63. The van der Waals surface area contributed by atoms with Gasteiger partial charge in [0.05, 0.1) is 11.1 Å². The third-order valence-electron chi connectivity index (χ3n) is 5.37. The molecule has 3 aromatic carbocycles.